The molecule has 0 unspecified atom stereocenters. The van der Waals surface area contributed by atoms with Crippen LogP contribution in [0.4, 0.5) is 13.2 Å². The first-order chi connectivity index (χ1) is 7.88. The predicted molar refractivity (Wildman–Crippen MR) is 56.2 cm³/mol. The van der Waals surface area contributed by atoms with Gasteiger partial charge in [-0.25, -0.2) is 4.98 Å². The summed E-state index contributed by atoms with van der Waals surface area (Å²) in [5.41, 5.74) is 0.475. The van der Waals surface area contributed by atoms with E-state index in [0.29, 0.717) is 5.56 Å². The van der Waals surface area contributed by atoms with Crippen LogP contribution in [0.3, 0.4) is 0 Å². The van der Waals surface area contributed by atoms with E-state index in [4.69, 9.17) is 0 Å². The first-order valence-electron chi connectivity index (χ1n) is 4.91. The average Bonchev–Trinajstić information content (AvgIpc) is 2.61. The quantitative estimate of drug-likeness (QED) is 0.768. The molecule has 2 heterocycles. The maximum Gasteiger partial charge on any atom is 0.434 e. The van der Waals surface area contributed by atoms with Gasteiger partial charge in [0.05, 0.1) is 0 Å². The van der Waals surface area contributed by atoms with Crippen LogP contribution in [-0.4, -0.2) is 14.5 Å². The molecular weight excluding hydrogens is 231 g/mol. The molecule has 0 bridgehead atoms. The zero-order valence-corrected chi connectivity index (χ0v) is 9.28. The highest BCUT2D eigenvalue weighted by atomic mass is 19.4. The van der Waals surface area contributed by atoms with Gasteiger partial charge in [-0.15, -0.1) is 0 Å². The molecule has 2 rings (SSSR count). The zero-order valence-electron chi connectivity index (χ0n) is 9.28. The monoisotopic (exact) mass is 241 g/mol. The fourth-order valence-corrected chi connectivity index (χ4v) is 1.47. The van der Waals surface area contributed by atoms with Crippen LogP contribution in [0.1, 0.15) is 11.4 Å². The molecule has 0 radical (unpaired) electrons. The van der Waals surface area contributed by atoms with Crippen LogP contribution in [0.2, 0.25) is 0 Å². The Kier molecular flexibility index (Phi) is 2.65. The first-order valence-corrected chi connectivity index (χ1v) is 4.91. The summed E-state index contributed by atoms with van der Waals surface area (Å²) in [7, 11) is 1.53. The normalized spacial score (nSPS) is 11.8. The standard InChI is InChI=1S/C11H10F3N3/c1-7-3-4-8(5-15-7)10-16-9(6-17(10)2)11(12,13)14/h3-6H,1-2H3. The highest BCUT2D eigenvalue weighted by Gasteiger charge is 2.34. The van der Waals surface area contributed by atoms with E-state index in [2.05, 4.69) is 9.97 Å². The molecule has 0 saturated carbocycles. The summed E-state index contributed by atoms with van der Waals surface area (Å²) in [6.07, 6.45) is -1.94. The molecule has 3 nitrogen and oxygen atoms in total. The number of aromatic nitrogens is 3. The highest BCUT2D eigenvalue weighted by Crippen LogP contribution is 2.30. The van der Waals surface area contributed by atoms with Crippen molar-refractivity contribution >= 4 is 0 Å². The topological polar surface area (TPSA) is 30.7 Å². The molecule has 0 fully saturated rings. The van der Waals surface area contributed by atoms with Crippen LogP contribution >= 0.6 is 0 Å². The molecule has 0 spiro atoms. The van der Waals surface area contributed by atoms with E-state index in [-0.39, 0.29) is 5.82 Å². The molecule has 0 saturated heterocycles. The zero-order chi connectivity index (χ0) is 12.6. The van der Waals surface area contributed by atoms with Crippen molar-refractivity contribution in [3.8, 4) is 11.4 Å². The smallest absolute Gasteiger partial charge is 0.333 e. The van der Waals surface area contributed by atoms with Crippen LogP contribution in [0, 0.1) is 6.92 Å². The van der Waals surface area contributed by atoms with Crippen molar-refractivity contribution in [1.29, 1.82) is 0 Å². The Bertz CT molecular complexity index is 526. The molecule has 0 aromatic carbocycles. The molecule has 2 aromatic heterocycles. The summed E-state index contributed by atoms with van der Waals surface area (Å²) in [6, 6.07) is 3.43. The van der Waals surface area contributed by atoms with E-state index in [1.807, 2.05) is 6.92 Å². The summed E-state index contributed by atoms with van der Waals surface area (Å²) < 4.78 is 38.8. The maximum atomic E-state index is 12.5. The van der Waals surface area contributed by atoms with Gasteiger partial charge < -0.3 is 4.57 Å². The van der Waals surface area contributed by atoms with Crippen LogP contribution in [0.5, 0.6) is 0 Å². The van der Waals surface area contributed by atoms with Gasteiger partial charge in [-0.1, -0.05) is 0 Å². The minimum atomic E-state index is -4.42. The number of aryl methyl sites for hydroxylation is 2. The lowest BCUT2D eigenvalue weighted by atomic mass is 10.2. The van der Waals surface area contributed by atoms with E-state index in [1.165, 1.54) is 17.8 Å². The van der Waals surface area contributed by atoms with Crippen molar-refractivity contribution in [3.05, 3.63) is 35.9 Å². The summed E-state index contributed by atoms with van der Waals surface area (Å²) >= 11 is 0. The molecule has 0 N–H and O–H groups in total. The second kappa shape index (κ2) is 3.87. The predicted octanol–water partition coefficient (Wildman–Crippen LogP) is 2.81. The maximum absolute atomic E-state index is 12.5. The lowest BCUT2D eigenvalue weighted by Crippen LogP contribution is -2.04. The van der Waals surface area contributed by atoms with Gasteiger partial charge in [-0.3, -0.25) is 4.98 Å². The molecule has 0 aliphatic heterocycles. The summed E-state index contributed by atoms with van der Waals surface area (Å²) in [6.45, 7) is 1.81. The molecular formula is C11H10F3N3. The number of halogens is 3. The molecule has 0 atom stereocenters. The van der Waals surface area contributed by atoms with Gasteiger partial charge in [0.15, 0.2) is 5.69 Å². The molecule has 0 aliphatic rings. The molecule has 6 heteroatoms. The van der Waals surface area contributed by atoms with E-state index in [9.17, 15) is 13.2 Å². The second-order valence-electron chi connectivity index (χ2n) is 3.75. The summed E-state index contributed by atoms with van der Waals surface area (Å²) in [5.74, 6) is 0.254. The van der Waals surface area contributed by atoms with E-state index < -0.39 is 11.9 Å². The minimum absolute atomic E-state index is 0.254. The minimum Gasteiger partial charge on any atom is -0.333 e. The molecule has 2 aromatic rings. The van der Waals surface area contributed by atoms with Crippen molar-refractivity contribution in [3.63, 3.8) is 0 Å². The lowest BCUT2D eigenvalue weighted by molar-refractivity contribution is -0.140. The highest BCUT2D eigenvalue weighted by molar-refractivity contribution is 5.54. The third-order valence-electron chi connectivity index (χ3n) is 2.34. The summed E-state index contributed by atoms with van der Waals surface area (Å²) in [5, 5.41) is 0. The van der Waals surface area contributed by atoms with Gasteiger partial charge in [0.25, 0.3) is 0 Å². The van der Waals surface area contributed by atoms with Gasteiger partial charge in [0.1, 0.15) is 5.82 Å². The number of hydrogen-bond acceptors (Lipinski definition) is 2. The number of rotatable bonds is 1. The van der Waals surface area contributed by atoms with Crippen molar-refractivity contribution in [1.82, 2.24) is 14.5 Å². The van der Waals surface area contributed by atoms with Crippen molar-refractivity contribution in [2.75, 3.05) is 0 Å². The van der Waals surface area contributed by atoms with Crippen LogP contribution < -0.4 is 0 Å². The van der Waals surface area contributed by atoms with Gasteiger partial charge in [0.2, 0.25) is 0 Å². The van der Waals surface area contributed by atoms with Gasteiger partial charge in [0, 0.05) is 30.7 Å². The SMILES string of the molecule is Cc1ccc(-c2nc(C(F)(F)F)cn2C)cn1. The van der Waals surface area contributed by atoms with Gasteiger partial charge in [-0.05, 0) is 19.1 Å². The molecule has 0 aliphatic carbocycles. The molecule has 90 valence electrons. The van der Waals surface area contributed by atoms with Gasteiger partial charge >= 0.3 is 6.18 Å². The Morgan fingerprint density at radius 3 is 2.41 bits per heavy atom. The second-order valence-corrected chi connectivity index (χ2v) is 3.75. The largest absolute Gasteiger partial charge is 0.434 e. The number of hydrogen-bond donors (Lipinski definition) is 0. The molecule has 17 heavy (non-hydrogen) atoms. The lowest BCUT2D eigenvalue weighted by Gasteiger charge is -2.01. The Morgan fingerprint density at radius 2 is 1.94 bits per heavy atom. The number of nitrogens with zero attached hydrogens (tertiary/aromatic N) is 3. The number of pyridine rings is 1. The van der Waals surface area contributed by atoms with Crippen LogP contribution in [-0.2, 0) is 13.2 Å². The average molecular weight is 241 g/mol. The number of imidazole rings is 1. The van der Waals surface area contributed by atoms with E-state index >= 15 is 0 Å². The fourth-order valence-electron chi connectivity index (χ4n) is 1.47. The van der Waals surface area contributed by atoms with Crippen LogP contribution in [0.15, 0.2) is 24.5 Å². The van der Waals surface area contributed by atoms with Crippen molar-refractivity contribution in [2.24, 2.45) is 7.05 Å². The van der Waals surface area contributed by atoms with Crippen LogP contribution in [0.25, 0.3) is 11.4 Å². The third-order valence-corrected chi connectivity index (χ3v) is 2.34. The van der Waals surface area contributed by atoms with Crippen molar-refractivity contribution in [2.45, 2.75) is 13.1 Å². The van der Waals surface area contributed by atoms with Crippen molar-refractivity contribution < 1.29 is 13.2 Å². The van der Waals surface area contributed by atoms with E-state index in [1.54, 1.807) is 12.1 Å². The Balaban J connectivity index is 2.46. The van der Waals surface area contributed by atoms with Gasteiger partial charge in [-0.2, -0.15) is 13.2 Å². The fraction of sp³-hybridized carbons (Fsp3) is 0.273. The van der Waals surface area contributed by atoms with E-state index in [0.717, 1.165) is 11.9 Å². The Labute approximate surface area is 95.9 Å². The first kappa shape index (κ1) is 11.6. The Morgan fingerprint density at radius 1 is 1.24 bits per heavy atom. The molecule has 0 amide bonds. The third kappa shape index (κ3) is 2.30. The number of alkyl halides is 3. The Hall–Kier alpha value is -1.85. The summed E-state index contributed by atoms with van der Waals surface area (Å²) in [4.78, 5) is 7.61.